The fourth-order valence-electron chi connectivity index (χ4n) is 1.36. The smallest absolute Gasteiger partial charge is 0.337 e. The van der Waals surface area contributed by atoms with Gasteiger partial charge in [-0.3, -0.25) is 0 Å². The van der Waals surface area contributed by atoms with E-state index in [4.69, 9.17) is 5.11 Å². The van der Waals surface area contributed by atoms with E-state index in [0.717, 1.165) is 14.2 Å². The Bertz CT molecular complexity index is 447. The van der Waals surface area contributed by atoms with Gasteiger partial charge in [-0.15, -0.1) is 0 Å². The van der Waals surface area contributed by atoms with E-state index in [1.807, 2.05) is 0 Å². The van der Waals surface area contributed by atoms with Crippen LogP contribution in [0.25, 0.3) is 0 Å². The number of aliphatic hydroxyl groups is 1. The molecule has 1 rings (SSSR count). The number of hydrogen-bond donors (Lipinski definition) is 2. The van der Waals surface area contributed by atoms with Crippen molar-refractivity contribution in [3.63, 3.8) is 0 Å². The second-order valence-electron chi connectivity index (χ2n) is 3.06. The number of aliphatic carboxylic acids is 1. The lowest BCUT2D eigenvalue weighted by atomic mass is 10.1. The maximum Gasteiger partial charge on any atom is 0.337 e. The van der Waals surface area contributed by atoms with E-state index in [1.165, 1.54) is 0 Å². The molecule has 0 fully saturated rings. The van der Waals surface area contributed by atoms with Crippen LogP contribution in [-0.2, 0) is 4.79 Å². The molecule has 17 heavy (non-hydrogen) atoms. The fraction of sp³-hybridized carbons (Fsp3) is 0.300. The molecule has 7 heteroatoms. The zero-order chi connectivity index (χ0) is 13.2. The van der Waals surface area contributed by atoms with Gasteiger partial charge in [0.25, 0.3) is 0 Å². The van der Waals surface area contributed by atoms with Crippen LogP contribution in [0.3, 0.4) is 0 Å². The molecule has 0 aromatic heterocycles. The number of hydrogen-bond acceptors (Lipinski definition) is 4. The number of carboxylic acid groups (broad SMARTS) is 1. The number of halogens is 2. The van der Waals surface area contributed by atoms with Gasteiger partial charge < -0.3 is 19.7 Å². The molecule has 0 aliphatic carbocycles. The van der Waals surface area contributed by atoms with Crippen LogP contribution < -0.4 is 9.47 Å². The second kappa shape index (κ2) is 4.96. The van der Waals surface area contributed by atoms with Crippen LogP contribution in [0.4, 0.5) is 8.78 Å². The Hall–Kier alpha value is -1.89. The summed E-state index contributed by atoms with van der Waals surface area (Å²) in [5, 5.41) is 17.9. The summed E-state index contributed by atoms with van der Waals surface area (Å²) in [6, 6.07) is 0.419. The van der Waals surface area contributed by atoms with Gasteiger partial charge >= 0.3 is 5.97 Å². The van der Waals surface area contributed by atoms with Crippen LogP contribution in [0, 0.1) is 11.6 Å². The Morgan fingerprint density at radius 3 is 2.18 bits per heavy atom. The zero-order valence-corrected chi connectivity index (χ0v) is 9.03. The second-order valence-corrected chi connectivity index (χ2v) is 3.06. The first-order chi connectivity index (χ1) is 7.93. The summed E-state index contributed by atoms with van der Waals surface area (Å²) in [5.41, 5.74) is -0.682. The Balaban J connectivity index is 3.52. The standard InChI is InChI=1S/C10H10F2O5/c1-16-8-5(12)3-4(11)6(9(8)17-2)7(13)10(14)15/h3,7,13H,1-2H3,(H,14,15). The normalized spacial score (nSPS) is 12.1. The van der Waals surface area contributed by atoms with E-state index in [-0.39, 0.29) is 0 Å². The molecule has 2 N–H and O–H groups in total. The van der Waals surface area contributed by atoms with Gasteiger partial charge in [0.2, 0.25) is 0 Å². The van der Waals surface area contributed by atoms with Crippen molar-refractivity contribution in [3.8, 4) is 11.5 Å². The first-order valence-corrected chi connectivity index (χ1v) is 4.44. The number of methoxy groups -OCH3 is 2. The molecule has 1 aromatic carbocycles. The molecular formula is C10H10F2O5. The van der Waals surface area contributed by atoms with E-state index in [9.17, 15) is 18.7 Å². The summed E-state index contributed by atoms with van der Waals surface area (Å²) < 4.78 is 36.0. The molecule has 1 unspecified atom stereocenters. The van der Waals surface area contributed by atoms with Crippen LogP contribution in [0.1, 0.15) is 11.7 Å². The number of carbonyl (C=O) groups is 1. The lowest BCUT2D eigenvalue weighted by molar-refractivity contribution is -0.147. The molecule has 0 radical (unpaired) electrons. The van der Waals surface area contributed by atoms with Crippen molar-refractivity contribution in [3.05, 3.63) is 23.3 Å². The van der Waals surface area contributed by atoms with E-state index in [0.29, 0.717) is 6.07 Å². The highest BCUT2D eigenvalue weighted by molar-refractivity contribution is 5.76. The van der Waals surface area contributed by atoms with E-state index >= 15 is 0 Å². The van der Waals surface area contributed by atoms with Gasteiger partial charge in [0, 0.05) is 6.07 Å². The van der Waals surface area contributed by atoms with Crippen molar-refractivity contribution in [1.82, 2.24) is 0 Å². The molecule has 0 aliphatic rings. The molecule has 94 valence electrons. The third-order valence-corrected chi connectivity index (χ3v) is 2.09. The van der Waals surface area contributed by atoms with E-state index in [2.05, 4.69) is 9.47 Å². The Kier molecular flexibility index (Phi) is 3.84. The van der Waals surface area contributed by atoms with Gasteiger partial charge in [0.05, 0.1) is 19.8 Å². The number of aliphatic hydroxyl groups excluding tert-OH is 1. The maximum absolute atomic E-state index is 13.4. The molecule has 0 amide bonds. The molecular weight excluding hydrogens is 238 g/mol. The van der Waals surface area contributed by atoms with Crippen LogP contribution in [0.15, 0.2) is 6.07 Å². The minimum Gasteiger partial charge on any atom is -0.492 e. The molecule has 1 aromatic rings. The Morgan fingerprint density at radius 2 is 1.76 bits per heavy atom. The van der Waals surface area contributed by atoms with Crippen molar-refractivity contribution in [2.75, 3.05) is 14.2 Å². The predicted octanol–water partition coefficient (Wildman–Crippen LogP) is 1.10. The van der Waals surface area contributed by atoms with Crippen LogP contribution in [0.2, 0.25) is 0 Å². The van der Waals surface area contributed by atoms with Gasteiger partial charge in [0.15, 0.2) is 23.4 Å². The largest absolute Gasteiger partial charge is 0.492 e. The minimum atomic E-state index is -2.17. The van der Waals surface area contributed by atoms with Gasteiger partial charge in [-0.2, -0.15) is 0 Å². The molecule has 1 atom stereocenters. The maximum atomic E-state index is 13.4. The number of carboxylic acids is 1. The van der Waals surface area contributed by atoms with Gasteiger partial charge in [-0.25, -0.2) is 13.6 Å². The summed E-state index contributed by atoms with van der Waals surface area (Å²) >= 11 is 0. The molecule has 0 saturated heterocycles. The Morgan fingerprint density at radius 1 is 1.24 bits per heavy atom. The first-order valence-electron chi connectivity index (χ1n) is 4.44. The highest BCUT2D eigenvalue weighted by Gasteiger charge is 2.29. The number of benzene rings is 1. The van der Waals surface area contributed by atoms with Crippen LogP contribution >= 0.6 is 0 Å². The molecule has 0 spiro atoms. The van der Waals surface area contributed by atoms with Gasteiger partial charge in [-0.1, -0.05) is 0 Å². The van der Waals surface area contributed by atoms with Crippen LogP contribution in [-0.4, -0.2) is 30.4 Å². The summed E-state index contributed by atoms with van der Waals surface area (Å²) in [5.74, 6) is -4.92. The lowest BCUT2D eigenvalue weighted by Gasteiger charge is -2.16. The third-order valence-electron chi connectivity index (χ3n) is 2.09. The average molecular weight is 248 g/mol. The van der Waals surface area contributed by atoms with Crippen molar-refractivity contribution < 1.29 is 33.3 Å². The summed E-state index contributed by atoms with van der Waals surface area (Å²) in [6.07, 6.45) is -2.17. The molecule has 0 heterocycles. The molecule has 0 saturated carbocycles. The molecule has 5 nitrogen and oxygen atoms in total. The Labute approximate surface area is 95.2 Å². The lowest BCUT2D eigenvalue weighted by Crippen LogP contribution is -2.14. The third kappa shape index (κ3) is 2.28. The summed E-state index contributed by atoms with van der Waals surface area (Å²) in [7, 11) is 2.19. The van der Waals surface area contributed by atoms with Crippen LogP contribution in [0.5, 0.6) is 11.5 Å². The first kappa shape index (κ1) is 13.2. The highest BCUT2D eigenvalue weighted by atomic mass is 19.1. The highest BCUT2D eigenvalue weighted by Crippen LogP contribution is 2.38. The molecule has 0 bridgehead atoms. The number of ether oxygens (including phenoxy) is 2. The van der Waals surface area contributed by atoms with Crippen molar-refractivity contribution in [2.24, 2.45) is 0 Å². The fourth-order valence-corrected chi connectivity index (χ4v) is 1.36. The average Bonchev–Trinajstić information content (AvgIpc) is 2.27. The molecule has 0 aliphatic heterocycles. The van der Waals surface area contributed by atoms with Crippen molar-refractivity contribution in [2.45, 2.75) is 6.10 Å². The summed E-state index contributed by atoms with van der Waals surface area (Å²) in [6.45, 7) is 0. The van der Waals surface area contributed by atoms with Crippen molar-refractivity contribution >= 4 is 5.97 Å². The quantitative estimate of drug-likeness (QED) is 0.834. The predicted molar refractivity (Wildman–Crippen MR) is 52.1 cm³/mol. The van der Waals surface area contributed by atoms with Gasteiger partial charge in [-0.05, 0) is 0 Å². The van der Waals surface area contributed by atoms with E-state index in [1.54, 1.807) is 0 Å². The van der Waals surface area contributed by atoms with E-state index < -0.39 is 40.8 Å². The SMILES string of the molecule is COc1c(F)cc(F)c(C(O)C(=O)O)c1OC. The summed E-state index contributed by atoms with van der Waals surface area (Å²) in [4.78, 5) is 10.6. The monoisotopic (exact) mass is 248 g/mol. The van der Waals surface area contributed by atoms with Gasteiger partial charge in [0.1, 0.15) is 5.82 Å². The topological polar surface area (TPSA) is 76.0 Å². The van der Waals surface area contributed by atoms with Crippen molar-refractivity contribution in [1.29, 1.82) is 0 Å². The number of rotatable bonds is 4. The minimum absolute atomic E-state index is 0.419. The zero-order valence-electron chi connectivity index (χ0n) is 9.03.